The van der Waals surface area contributed by atoms with Gasteiger partial charge in [0.15, 0.2) is 5.96 Å². The molecule has 0 aliphatic rings. The van der Waals surface area contributed by atoms with E-state index in [2.05, 4.69) is 27.6 Å². The van der Waals surface area contributed by atoms with Crippen LogP contribution >= 0.6 is 0 Å². The molecule has 0 heterocycles. The quantitative estimate of drug-likeness (QED) is 0.389. The van der Waals surface area contributed by atoms with Gasteiger partial charge in [-0.25, -0.2) is 4.39 Å². The molecule has 23 heavy (non-hydrogen) atoms. The van der Waals surface area contributed by atoms with Crippen molar-refractivity contribution in [2.45, 2.75) is 12.8 Å². The molecular weight excluding hydrogens is 295 g/mol. The molecular formula is C17H29FN4O. The Bertz CT molecular complexity index is 450. The van der Waals surface area contributed by atoms with Crippen molar-refractivity contribution in [1.82, 2.24) is 15.5 Å². The highest BCUT2D eigenvalue weighted by Crippen LogP contribution is 2.02. The van der Waals surface area contributed by atoms with Crippen LogP contribution in [0.4, 0.5) is 4.39 Å². The third kappa shape index (κ3) is 9.15. The lowest BCUT2D eigenvalue weighted by molar-refractivity contribution is 0.161. The first-order chi connectivity index (χ1) is 11.2. The fourth-order valence-electron chi connectivity index (χ4n) is 2.11. The van der Waals surface area contributed by atoms with Crippen LogP contribution in [0.3, 0.4) is 0 Å². The van der Waals surface area contributed by atoms with Gasteiger partial charge in [0.25, 0.3) is 0 Å². The van der Waals surface area contributed by atoms with Crippen LogP contribution in [-0.4, -0.2) is 64.9 Å². The summed E-state index contributed by atoms with van der Waals surface area (Å²) in [5.41, 5.74) is 1.11. The van der Waals surface area contributed by atoms with Gasteiger partial charge in [-0.2, -0.15) is 0 Å². The topological polar surface area (TPSA) is 48.9 Å². The van der Waals surface area contributed by atoms with Gasteiger partial charge >= 0.3 is 0 Å². The molecule has 1 rings (SSSR count). The van der Waals surface area contributed by atoms with Crippen molar-refractivity contribution >= 4 is 5.96 Å². The second kappa shape index (κ2) is 11.8. The first-order valence-corrected chi connectivity index (χ1v) is 8.02. The number of likely N-dealkylation sites (N-methyl/N-ethyl adjacent to an activating group) is 1. The van der Waals surface area contributed by atoms with Crippen LogP contribution in [0.15, 0.2) is 29.3 Å². The Balaban J connectivity index is 2.13. The number of hydrogen-bond acceptors (Lipinski definition) is 3. The second-order valence-corrected chi connectivity index (χ2v) is 5.45. The average Bonchev–Trinajstić information content (AvgIpc) is 2.56. The van der Waals surface area contributed by atoms with Crippen molar-refractivity contribution in [2.75, 3.05) is 54.0 Å². The van der Waals surface area contributed by atoms with Crippen LogP contribution in [-0.2, 0) is 11.2 Å². The highest BCUT2D eigenvalue weighted by Gasteiger charge is 2.00. The summed E-state index contributed by atoms with van der Waals surface area (Å²) in [5.74, 6) is 0.598. The van der Waals surface area contributed by atoms with Crippen LogP contribution in [0.2, 0.25) is 0 Å². The molecule has 0 saturated carbocycles. The molecule has 1 aromatic carbocycles. The third-order valence-electron chi connectivity index (χ3n) is 3.53. The van der Waals surface area contributed by atoms with E-state index in [1.807, 2.05) is 12.1 Å². The molecule has 0 atom stereocenters. The van der Waals surface area contributed by atoms with Crippen molar-refractivity contribution < 1.29 is 9.13 Å². The summed E-state index contributed by atoms with van der Waals surface area (Å²) in [4.78, 5) is 6.45. The van der Waals surface area contributed by atoms with E-state index in [4.69, 9.17) is 4.74 Å². The summed E-state index contributed by atoms with van der Waals surface area (Å²) in [7, 11) is 5.57. The minimum absolute atomic E-state index is 0.199. The summed E-state index contributed by atoms with van der Waals surface area (Å²) < 4.78 is 17.9. The SMILES string of the molecule is CN=C(NCCCN(C)CCOC)NCCc1ccc(F)cc1. The van der Waals surface area contributed by atoms with E-state index in [0.29, 0.717) is 0 Å². The average molecular weight is 324 g/mol. The Kier molecular flexibility index (Phi) is 9.99. The maximum atomic E-state index is 12.8. The van der Waals surface area contributed by atoms with Gasteiger partial charge in [-0.1, -0.05) is 12.1 Å². The number of guanidine groups is 1. The van der Waals surface area contributed by atoms with Crippen LogP contribution in [0, 0.1) is 5.82 Å². The number of methoxy groups -OCH3 is 1. The molecule has 0 saturated heterocycles. The monoisotopic (exact) mass is 324 g/mol. The molecule has 0 aliphatic heterocycles. The summed E-state index contributed by atoms with van der Waals surface area (Å²) in [6.45, 7) is 4.35. The van der Waals surface area contributed by atoms with Crippen LogP contribution < -0.4 is 10.6 Å². The Hall–Kier alpha value is -1.66. The van der Waals surface area contributed by atoms with Crippen molar-refractivity contribution in [1.29, 1.82) is 0 Å². The summed E-state index contributed by atoms with van der Waals surface area (Å²) in [5, 5.41) is 6.56. The molecule has 0 amide bonds. The van der Waals surface area contributed by atoms with Crippen LogP contribution in [0.5, 0.6) is 0 Å². The molecule has 0 unspecified atom stereocenters. The lowest BCUT2D eigenvalue weighted by atomic mass is 10.1. The second-order valence-electron chi connectivity index (χ2n) is 5.45. The number of benzene rings is 1. The van der Waals surface area contributed by atoms with Gasteiger partial charge in [-0.3, -0.25) is 4.99 Å². The van der Waals surface area contributed by atoms with Gasteiger partial charge in [0.05, 0.1) is 6.61 Å². The van der Waals surface area contributed by atoms with Gasteiger partial charge in [0.1, 0.15) is 5.82 Å². The van der Waals surface area contributed by atoms with Crippen molar-refractivity contribution in [3.8, 4) is 0 Å². The molecule has 6 heteroatoms. The number of ether oxygens (including phenoxy) is 1. The normalized spacial score (nSPS) is 11.8. The first kappa shape index (κ1) is 19.4. The summed E-state index contributed by atoms with van der Waals surface area (Å²) in [6.07, 6.45) is 1.87. The number of hydrogen-bond donors (Lipinski definition) is 2. The van der Waals surface area contributed by atoms with Crippen molar-refractivity contribution in [3.63, 3.8) is 0 Å². The fraction of sp³-hybridized carbons (Fsp3) is 0.588. The van der Waals surface area contributed by atoms with E-state index in [-0.39, 0.29) is 5.82 Å². The first-order valence-electron chi connectivity index (χ1n) is 8.02. The largest absolute Gasteiger partial charge is 0.383 e. The Labute approximate surface area is 138 Å². The number of aliphatic imine (C=N–C) groups is 1. The molecule has 1 aromatic rings. The van der Waals surface area contributed by atoms with Crippen LogP contribution in [0.25, 0.3) is 0 Å². The van der Waals surface area contributed by atoms with Crippen LogP contribution in [0.1, 0.15) is 12.0 Å². The molecule has 130 valence electrons. The fourth-order valence-corrected chi connectivity index (χ4v) is 2.11. The van der Waals surface area contributed by atoms with Crippen molar-refractivity contribution in [2.24, 2.45) is 4.99 Å². The van der Waals surface area contributed by atoms with Gasteiger partial charge in [0.2, 0.25) is 0 Å². The van der Waals surface area contributed by atoms with E-state index < -0.39 is 0 Å². The van der Waals surface area contributed by atoms with E-state index in [9.17, 15) is 4.39 Å². The molecule has 0 spiro atoms. The maximum Gasteiger partial charge on any atom is 0.190 e. The zero-order valence-electron chi connectivity index (χ0n) is 14.4. The standard InChI is InChI=1S/C17H29FN4O/c1-19-17(20-10-4-12-22(2)13-14-23-3)21-11-9-15-5-7-16(18)8-6-15/h5-8H,4,9-14H2,1-3H3,(H2,19,20,21). The molecule has 0 aromatic heterocycles. The smallest absolute Gasteiger partial charge is 0.190 e. The highest BCUT2D eigenvalue weighted by molar-refractivity contribution is 5.79. The van der Waals surface area contributed by atoms with Gasteiger partial charge in [0, 0.05) is 33.8 Å². The summed E-state index contributed by atoms with van der Waals surface area (Å²) >= 11 is 0. The molecule has 0 aliphatic carbocycles. The van der Waals surface area contributed by atoms with E-state index in [1.54, 1.807) is 14.2 Å². The van der Waals surface area contributed by atoms with Gasteiger partial charge in [-0.15, -0.1) is 0 Å². The molecule has 0 bridgehead atoms. The lowest BCUT2D eigenvalue weighted by Gasteiger charge is -2.17. The predicted molar refractivity (Wildman–Crippen MR) is 93.5 cm³/mol. The number of rotatable bonds is 10. The van der Waals surface area contributed by atoms with Crippen molar-refractivity contribution in [3.05, 3.63) is 35.6 Å². The minimum Gasteiger partial charge on any atom is -0.383 e. The zero-order valence-corrected chi connectivity index (χ0v) is 14.4. The molecule has 5 nitrogen and oxygen atoms in total. The lowest BCUT2D eigenvalue weighted by Crippen LogP contribution is -2.39. The summed E-state index contributed by atoms with van der Waals surface area (Å²) in [6, 6.07) is 6.59. The van der Waals surface area contributed by atoms with E-state index in [1.165, 1.54) is 12.1 Å². The van der Waals surface area contributed by atoms with E-state index in [0.717, 1.165) is 57.2 Å². The predicted octanol–water partition coefficient (Wildman–Crippen LogP) is 1.50. The molecule has 0 fully saturated rings. The Morgan fingerprint density at radius 3 is 2.52 bits per heavy atom. The number of nitrogens with zero attached hydrogens (tertiary/aromatic N) is 2. The zero-order chi connectivity index (χ0) is 16.9. The molecule has 2 N–H and O–H groups in total. The maximum absolute atomic E-state index is 12.8. The minimum atomic E-state index is -0.199. The third-order valence-corrected chi connectivity index (χ3v) is 3.53. The van der Waals surface area contributed by atoms with Gasteiger partial charge in [-0.05, 0) is 44.1 Å². The number of nitrogens with one attached hydrogen (secondary N) is 2. The Morgan fingerprint density at radius 1 is 1.17 bits per heavy atom. The Morgan fingerprint density at radius 2 is 1.87 bits per heavy atom. The highest BCUT2D eigenvalue weighted by atomic mass is 19.1. The molecule has 0 radical (unpaired) electrons. The number of halogens is 1. The van der Waals surface area contributed by atoms with Gasteiger partial charge < -0.3 is 20.3 Å². The van der Waals surface area contributed by atoms with E-state index >= 15 is 0 Å².